The molecular weight excluding hydrogens is 290 g/mol. The number of carbonyl (C=O) groups excluding carboxylic acids is 1. The molecule has 5 nitrogen and oxygen atoms in total. The second kappa shape index (κ2) is 6.17. The van der Waals surface area contributed by atoms with Crippen molar-refractivity contribution in [2.24, 2.45) is 0 Å². The molecule has 1 fully saturated rings. The van der Waals surface area contributed by atoms with E-state index in [9.17, 15) is 23.7 Å². The van der Waals surface area contributed by atoms with E-state index in [1.807, 2.05) is 0 Å². The largest absolute Gasteiger partial charge is 0.349 e. The van der Waals surface area contributed by atoms with E-state index in [-0.39, 0.29) is 6.04 Å². The van der Waals surface area contributed by atoms with Crippen LogP contribution in [0.4, 0.5) is 14.5 Å². The van der Waals surface area contributed by atoms with Gasteiger partial charge in [-0.15, -0.1) is 0 Å². The van der Waals surface area contributed by atoms with Crippen LogP contribution in [0.5, 0.6) is 0 Å². The van der Waals surface area contributed by atoms with Gasteiger partial charge in [0, 0.05) is 6.04 Å². The highest BCUT2D eigenvalue weighted by Crippen LogP contribution is 2.22. The summed E-state index contributed by atoms with van der Waals surface area (Å²) in [6.07, 6.45) is 1.54. The molecule has 0 aromatic heterocycles. The van der Waals surface area contributed by atoms with Crippen LogP contribution in [0.15, 0.2) is 12.1 Å². The van der Waals surface area contributed by atoms with Crippen molar-refractivity contribution in [1.29, 1.82) is 0 Å². The zero-order valence-corrected chi connectivity index (χ0v) is 11.2. The lowest BCUT2D eigenvalue weighted by Gasteiger charge is -2.22. The first-order valence-electron chi connectivity index (χ1n) is 6.01. The lowest BCUT2D eigenvalue weighted by Crippen LogP contribution is -2.37. The number of nitrogens with one attached hydrogen (secondary N) is 1. The first-order valence-corrected chi connectivity index (χ1v) is 7.16. The number of halogens is 2. The molecule has 1 N–H and O–H groups in total. The molecule has 2 rings (SSSR count). The molecule has 108 valence electrons. The van der Waals surface area contributed by atoms with Crippen LogP contribution >= 0.6 is 11.8 Å². The molecule has 1 aromatic carbocycles. The van der Waals surface area contributed by atoms with Gasteiger partial charge in [0.25, 0.3) is 5.91 Å². The molecule has 0 unspecified atom stereocenters. The first-order chi connectivity index (χ1) is 9.49. The highest BCUT2D eigenvalue weighted by Gasteiger charge is 2.24. The molecule has 20 heavy (non-hydrogen) atoms. The molecule has 0 bridgehead atoms. The summed E-state index contributed by atoms with van der Waals surface area (Å²) in [6.45, 7) is 0. The number of benzene rings is 1. The Morgan fingerprint density at radius 1 is 1.30 bits per heavy atom. The maximum atomic E-state index is 13.7. The molecule has 8 heteroatoms. The molecular formula is C12H12F2N2O3S. The maximum absolute atomic E-state index is 13.7. The SMILES string of the molecule is O=C(NC1CCSCC1)c1cc(F)c([N+](=O)[O-])cc1F. The molecule has 1 aromatic rings. The predicted molar refractivity (Wildman–Crippen MR) is 70.8 cm³/mol. The predicted octanol–water partition coefficient (Wildman–Crippen LogP) is 2.50. The quantitative estimate of drug-likeness (QED) is 0.688. The van der Waals surface area contributed by atoms with Gasteiger partial charge in [0.1, 0.15) is 5.82 Å². The van der Waals surface area contributed by atoms with Gasteiger partial charge in [-0.05, 0) is 30.4 Å². The van der Waals surface area contributed by atoms with E-state index in [1.54, 1.807) is 11.8 Å². The third kappa shape index (κ3) is 3.24. The van der Waals surface area contributed by atoms with Crippen molar-refractivity contribution in [3.05, 3.63) is 39.4 Å². The van der Waals surface area contributed by atoms with Crippen LogP contribution in [0, 0.1) is 21.7 Å². The number of hydrogen-bond acceptors (Lipinski definition) is 4. The zero-order valence-electron chi connectivity index (χ0n) is 10.4. The molecule has 1 aliphatic heterocycles. The standard InChI is InChI=1S/C12H12F2N2O3S/c13-9-6-11(16(18)19)10(14)5-8(9)12(17)15-7-1-3-20-4-2-7/h5-7H,1-4H2,(H,15,17). The number of thioether (sulfide) groups is 1. The summed E-state index contributed by atoms with van der Waals surface area (Å²) < 4.78 is 27.1. The molecule has 1 heterocycles. The summed E-state index contributed by atoms with van der Waals surface area (Å²) in [4.78, 5) is 21.3. The normalized spacial score (nSPS) is 15.9. The maximum Gasteiger partial charge on any atom is 0.307 e. The van der Waals surface area contributed by atoms with Gasteiger partial charge in [0.05, 0.1) is 16.6 Å². The fourth-order valence-corrected chi connectivity index (χ4v) is 3.06. The lowest BCUT2D eigenvalue weighted by atomic mass is 10.1. The Labute approximate surface area is 117 Å². The number of amides is 1. The fraction of sp³-hybridized carbons (Fsp3) is 0.417. The van der Waals surface area contributed by atoms with Gasteiger partial charge in [-0.3, -0.25) is 14.9 Å². The second-order valence-electron chi connectivity index (χ2n) is 4.40. The van der Waals surface area contributed by atoms with Crippen molar-refractivity contribution in [2.75, 3.05) is 11.5 Å². The van der Waals surface area contributed by atoms with Crippen LogP contribution in [0.2, 0.25) is 0 Å². The van der Waals surface area contributed by atoms with Crippen LogP contribution in [-0.2, 0) is 0 Å². The monoisotopic (exact) mass is 302 g/mol. The average Bonchev–Trinajstić information content (AvgIpc) is 2.41. The number of nitro groups is 1. The molecule has 1 amide bonds. The highest BCUT2D eigenvalue weighted by atomic mass is 32.2. The zero-order chi connectivity index (χ0) is 14.7. The summed E-state index contributed by atoms with van der Waals surface area (Å²) in [6, 6.07) is 0.933. The van der Waals surface area contributed by atoms with Crippen molar-refractivity contribution in [3.8, 4) is 0 Å². The van der Waals surface area contributed by atoms with Crippen molar-refractivity contribution < 1.29 is 18.5 Å². The third-order valence-electron chi connectivity index (χ3n) is 3.03. The molecule has 0 saturated carbocycles. The van der Waals surface area contributed by atoms with Crippen LogP contribution in [0.25, 0.3) is 0 Å². The van der Waals surface area contributed by atoms with Gasteiger partial charge in [-0.1, -0.05) is 0 Å². The Morgan fingerprint density at radius 2 is 1.95 bits per heavy atom. The third-order valence-corrected chi connectivity index (χ3v) is 4.08. The van der Waals surface area contributed by atoms with Crippen molar-refractivity contribution in [1.82, 2.24) is 5.32 Å². The lowest BCUT2D eigenvalue weighted by molar-refractivity contribution is -0.387. The Balaban J connectivity index is 2.17. The number of rotatable bonds is 3. The Kier molecular flexibility index (Phi) is 4.53. The number of carbonyl (C=O) groups is 1. The van der Waals surface area contributed by atoms with Gasteiger partial charge in [0.2, 0.25) is 5.82 Å². The topological polar surface area (TPSA) is 72.2 Å². The minimum atomic E-state index is -1.22. The summed E-state index contributed by atoms with van der Waals surface area (Å²) in [5, 5.41) is 13.1. The second-order valence-corrected chi connectivity index (χ2v) is 5.63. The van der Waals surface area contributed by atoms with Crippen LogP contribution in [0.1, 0.15) is 23.2 Å². The Morgan fingerprint density at radius 3 is 2.55 bits per heavy atom. The van der Waals surface area contributed by atoms with Gasteiger partial charge in [-0.25, -0.2) is 4.39 Å². The first kappa shape index (κ1) is 14.7. The van der Waals surface area contributed by atoms with Crippen LogP contribution in [-0.4, -0.2) is 28.4 Å². The van der Waals surface area contributed by atoms with E-state index in [0.29, 0.717) is 12.1 Å². The summed E-state index contributed by atoms with van der Waals surface area (Å²) in [7, 11) is 0. The molecule has 0 radical (unpaired) electrons. The molecule has 0 aliphatic carbocycles. The van der Waals surface area contributed by atoms with Crippen molar-refractivity contribution in [3.63, 3.8) is 0 Å². The summed E-state index contributed by atoms with van der Waals surface area (Å²) >= 11 is 1.77. The Hall–Kier alpha value is -1.70. The molecule has 0 atom stereocenters. The minimum Gasteiger partial charge on any atom is -0.349 e. The van der Waals surface area contributed by atoms with E-state index in [0.717, 1.165) is 24.3 Å². The van der Waals surface area contributed by atoms with Gasteiger partial charge >= 0.3 is 5.69 Å². The van der Waals surface area contributed by atoms with Crippen molar-refractivity contribution >= 4 is 23.4 Å². The number of nitro benzene ring substituents is 1. The summed E-state index contributed by atoms with van der Waals surface area (Å²) in [5.41, 5.74) is -1.49. The highest BCUT2D eigenvalue weighted by molar-refractivity contribution is 7.99. The molecule has 0 spiro atoms. The number of hydrogen-bond donors (Lipinski definition) is 1. The van der Waals surface area contributed by atoms with Gasteiger partial charge < -0.3 is 5.32 Å². The van der Waals surface area contributed by atoms with Gasteiger partial charge in [0.15, 0.2) is 0 Å². The van der Waals surface area contributed by atoms with E-state index in [4.69, 9.17) is 0 Å². The van der Waals surface area contributed by atoms with Crippen LogP contribution in [0.3, 0.4) is 0 Å². The molecule has 1 aliphatic rings. The van der Waals surface area contributed by atoms with Crippen molar-refractivity contribution in [2.45, 2.75) is 18.9 Å². The smallest absolute Gasteiger partial charge is 0.307 e. The number of nitrogens with zero attached hydrogens (tertiary/aromatic N) is 1. The minimum absolute atomic E-state index is 0.0681. The Bertz CT molecular complexity index is 548. The van der Waals surface area contributed by atoms with E-state index < -0.39 is 33.7 Å². The van der Waals surface area contributed by atoms with E-state index in [1.165, 1.54) is 0 Å². The van der Waals surface area contributed by atoms with E-state index in [2.05, 4.69) is 5.32 Å². The average molecular weight is 302 g/mol. The van der Waals surface area contributed by atoms with Crippen LogP contribution < -0.4 is 5.32 Å². The fourth-order valence-electron chi connectivity index (χ4n) is 1.96. The summed E-state index contributed by atoms with van der Waals surface area (Å²) in [5.74, 6) is -1.25. The van der Waals surface area contributed by atoms with Gasteiger partial charge in [-0.2, -0.15) is 16.2 Å². The molecule has 1 saturated heterocycles. The van der Waals surface area contributed by atoms with E-state index >= 15 is 0 Å².